The highest BCUT2D eigenvalue weighted by atomic mass is 19.4. The topological polar surface area (TPSA) is 85.3 Å². The second kappa shape index (κ2) is 5.87. The zero-order valence-corrected chi connectivity index (χ0v) is 12.7. The first kappa shape index (κ1) is 16.9. The highest BCUT2D eigenvalue weighted by Crippen LogP contribution is 2.36. The molecule has 132 valence electrons. The van der Waals surface area contributed by atoms with E-state index in [0.717, 1.165) is 12.1 Å². The second-order valence-corrected chi connectivity index (χ2v) is 5.26. The molecule has 1 saturated heterocycles. The van der Waals surface area contributed by atoms with Gasteiger partial charge in [0.2, 0.25) is 12.0 Å². The Balaban J connectivity index is 1.94. The number of hydrogen-bond donors (Lipinski definition) is 0. The molecule has 0 bridgehead atoms. The van der Waals surface area contributed by atoms with E-state index < -0.39 is 41.5 Å². The maximum absolute atomic E-state index is 12.8. The number of anilines is 1. The summed E-state index contributed by atoms with van der Waals surface area (Å²) in [4.78, 5) is 42.1. The first-order valence-corrected chi connectivity index (χ1v) is 7.21. The van der Waals surface area contributed by atoms with Crippen LogP contribution in [0.5, 0.6) is 0 Å². The van der Waals surface area contributed by atoms with Crippen LogP contribution >= 0.6 is 0 Å². The summed E-state index contributed by atoms with van der Waals surface area (Å²) >= 11 is 0. The lowest BCUT2D eigenvalue weighted by Crippen LogP contribution is -2.35. The van der Waals surface area contributed by atoms with Crippen LogP contribution in [-0.2, 0) is 30.1 Å². The minimum Gasteiger partial charge on any atom is -0.461 e. The Morgan fingerprint density at radius 1 is 1.32 bits per heavy atom. The lowest BCUT2D eigenvalue weighted by Gasteiger charge is -2.17. The van der Waals surface area contributed by atoms with Crippen LogP contribution in [0.1, 0.15) is 12.5 Å². The number of amides is 2. The van der Waals surface area contributed by atoms with E-state index in [2.05, 4.69) is 5.16 Å². The molecule has 1 aromatic carbocycles. The summed E-state index contributed by atoms with van der Waals surface area (Å²) < 4.78 is 43.3. The number of rotatable bonds is 3. The summed E-state index contributed by atoms with van der Waals surface area (Å²) in [6.45, 7) is 1.57. The highest BCUT2D eigenvalue weighted by Gasteiger charge is 2.58. The third-order valence-electron chi connectivity index (χ3n) is 3.73. The SMILES string of the molecule is CCOC(=O)C1=NO[C@H]2C(=O)N(c3cccc(C(F)(F)F)c3)C(=O)[C@H]12. The number of nitrogens with zero attached hydrogens (tertiary/aromatic N) is 2. The minimum atomic E-state index is -4.63. The van der Waals surface area contributed by atoms with Crippen molar-refractivity contribution in [2.45, 2.75) is 19.2 Å². The highest BCUT2D eigenvalue weighted by molar-refractivity contribution is 6.46. The van der Waals surface area contributed by atoms with Crippen LogP contribution in [0.3, 0.4) is 0 Å². The van der Waals surface area contributed by atoms with Crippen LogP contribution in [0, 0.1) is 5.92 Å². The largest absolute Gasteiger partial charge is 0.461 e. The molecular formula is C15H11F3N2O5. The molecule has 0 saturated carbocycles. The van der Waals surface area contributed by atoms with E-state index in [0.29, 0.717) is 11.0 Å². The number of benzene rings is 1. The van der Waals surface area contributed by atoms with Gasteiger partial charge in [-0.1, -0.05) is 11.2 Å². The van der Waals surface area contributed by atoms with Crippen LogP contribution in [0.4, 0.5) is 18.9 Å². The summed E-state index contributed by atoms with van der Waals surface area (Å²) in [7, 11) is 0. The van der Waals surface area contributed by atoms with Crippen molar-refractivity contribution >= 4 is 29.2 Å². The Hall–Kier alpha value is -2.91. The van der Waals surface area contributed by atoms with Crippen molar-refractivity contribution in [1.29, 1.82) is 0 Å². The molecule has 1 fully saturated rings. The molecule has 25 heavy (non-hydrogen) atoms. The molecule has 10 heteroatoms. The smallest absolute Gasteiger partial charge is 0.416 e. The van der Waals surface area contributed by atoms with Crippen LogP contribution in [-0.4, -0.2) is 36.2 Å². The molecule has 0 radical (unpaired) electrons. The Bertz CT molecular complexity index is 790. The number of alkyl halides is 3. The predicted octanol–water partition coefficient (Wildman–Crippen LogP) is 1.51. The van der Waals surface area contributed by atoms with Gasteiger partial charge in [0.1, 0.15) is 5.92 Å². The number of hydrogen-bond acceptors (Lipinski definition) is 6. The van der Waals surface area contributed by atoms with E-state index in [-0.39, 0.29) is 18.0 Å². The van der Waals surface area contributed by atoms with Gasteiger partial charge in [0.15, 0.2) is 5.71 Å². The number of carbonyl (C=O) groups is 3. The summed E-state index contributed by atoms with van der Waals surface area (Å²) in [5, 5.41) is 3.42. The van der Waals surface area contributed by atoms with Crippen molar-refractivity contribution < 1.29 is 37.1 Å². The third-order valence-corrected chi connectivity index (χ3v) is 3.73. The fourth-order valence-electron chi connectivity index (χ4n) is 2.63. The maximum Gasteiger partial charge on any atom is 0.416 e. The predicted molar refractivity (Wildman–Crippen MR) is 76.4 cm³/mol. The standard InChI is InChI=1S/C15H11F3N2O5/c1-2-24-14(23)10-9-11(25-19-10)13(22)20(12(9)21)8-5-3-4-7(6-8)15(16,17)18/h3-6,9,11H,2H2,1H3/t9-,11-/m1/s1. The fourth-order valence-corrected chi connectivity index (χ4v) is 2.63. The number of oxime groups is 1. The lowest BCUT2D eigenvalue weighted by atomic mass is 10.00. The molecule has 0 unspecified atom stereocenters. The van der Waals surface area contributed by atoms with Gasteiger partial charge in [-0.15, -0.1) is 0 Å². The molecule has 0 spiro atoms. The van der Waals surface area contributed by atoms with Gasteiger partial charge in [-0.3, -0.25) is 9.59 Å². The first-order valence-electron chi connectivity index (χ1n) is 7.21. The molecule has 2 amide bonds. The second-order valence-electron chi connectivity index (χ2n) is 5.26. The van der Waals surface area contributed by atoms with Crippen molar-refractivity contribution in [1.82, 2.24) is 0 Å². The van der Waals surface area contributed by atoms with E-state index in [1.54, 1.807) is 6.92 Å². The normalized spacial score (nSPS) is 22.6. The summed E-state index contributed by atoms with van der Waals surface area (Å²) in [6, 6.07) is 3.76. The van der Waals surface area contributed by atoms with E-state index in [1.165, 1.54) is 6.07 Å². The Morgan fingerprint density at radius 2 is 2.04 bits per heavy atom. The zero-order valence-electron chi connectivity index (χ0n) is 12.7. The van der Waals surface area contributed by atoms with Crippen molar-refractivity contribution in [2.24, 2.45) is 11.1 Å². The quantitative estimate of drug-likeness (QED) is 0.605. The summed E-state index contributed by atoms with van der Waals surface area (Å²) in [5.74, 6) is -4.03. The molecule has 7 nitrogen and oxygen atoms in total. The summed E-state index contributed by atoms with van der Waals surface area (Å²) in [6.07, 6.45) is -6.02. The number of imide groups is 1. The van der Waals surface area contributed by atoms with Gasteiger partial charge in [0, 0.05) is 0 Å². The molecule has 2 atom stereocenters. The van der Waals surface area contributed by atoms with E-state index in [9.17, 15) is 27.6 Å². The number of carbonyl (C=O) groups excluding carboxylic acids is 3. The number of esters is 1. The summed E-state index contributed by atoms with van der Waals surface area (Å²) in [5.41, 5.74) is -1.64. The van der Waals surface area contributed by atoms with Gasteiger partial charge in [0.25, 0.3) is 5.91 Å². The van der Waals surface area contributed by atoms with Gasteiger partial charge in [-0.25, -0.2) is 9.69 Å². The molecule has 3 rings (SSSR count). The molecule has 0 aliphatic carbocycles. The van der Waals surface area contributed by atoms with Crippen LogP contribution < -0.4 is 4.90 Å². The number of fused-ring (bicyclic) bond motifs is 1. The zero-order chi connectivity index (χ0) is 18.4. The Labute approximate surface area is 139 Å². The minimum absolute atomic E-state index is 0.0225. The maximum atomic E-state index is 12.8. The molecule has 2 aliphatic heterocycles. The van der Waals surface area contributed by atoms with Crippen molar-refractivity contribution in [2.75, 3.05) is 11.5 Å². The van der Waals surface area contributed by atoms with E-state index in [4.69, 9.17) is 9.57 Å². The van der Waals surface area contributed by atoms with Gasteiger partial charge in [-0.05, 0) is 25.1 Å². The molecular weight excluding hydrogens is 345 g/mol. The van der Waals surface area contributed by atoms with Crippen LogP contribution in [0.2, 0.25) is 0 Å². The monoisotopic (exact) mass is 356 g/mol. The molecule has 1 aromatic rings. The fraction of sp³-hybridized carbons (Fsp3) is 0.333. The van der Waals surface area contributed by atoms with Gasteiger partial charge in [0.05, 0.1) is 17.9 Å². The van der Waals surface area contributed by atoms with Crippen molar-refractivity contribution in [3.8, 4) is 0 Å². The molecule has 0 N–H and O–H groups in total. The lowest BCUT2D eigenvalue weighted by molar-refractivity contribution is -0.138. The molecule has 0 aromatic heterocycles. The molecule has 2 aliphatic rings. The van der Waals surface area contributed by atoms with Crippen LogP contribution in [0.25, 0.3) is 0 Å². The Kier molecular flexibility index (Phi) is 3.97. The number of halogens is 3. The Morgan fingerprint density at radius 3 is 2.68 bits per heavy atom. The van der Waals surface area contributed by atoms with Crippen LogP contribution in [0.15, 0.2) is 29.4 Å². The molecule has 2 heterocycles. The first-order chi connectivity index (χ1) is 11.8. The average Bonchev–Trinajstić information content (AvgIpc) is 3.08. The van der Waals surface area contributed by atoms with Gasteiger partial charge < -0.3 is 9.57 Å². The van der Waals surface area contributed by atoms with Crippen molar-refractivity contribution in [3.05, 3.63) is 29.8 Å². The number of ether oxygens (including phenoxy) is 1. The van der Waals surface area contributed by atoms with Gasteiger partial charge >= 0.3 is 12.1 Å². The van der Waals surface area contributed by atoms with Gasteiger partial charge in [-0.2, -0.15) is 13.2 Å². The van der Waals surface area contributed by atoms with E-state index in [1.807, 2.05) is 0 Å². The average molecular weight is 356 g/mol. The van der Waals surface area contributed by atoms with E-state index >= 15 is 0 Å². The third kappa shape index (κ3) is 2.73. The van der Waals surface area contributed by atoms with Crippen molar-refractivity contribution in [3.63, 3.8) is 0 Å².